The van der Waals surface area contributed by atoms with Crippen molar-refractivity contribution < 1.29 is 14.3 Å². The molecule has 0 aromatic heterocycles. The minimum absolute atomic E-state index is 0.375. The number of rotatable bonds is 3. The van der Waals surface area contributed by atoms with Gasteiger partial charge < -0.3 is 5.11 Å². The van der Waals surface area contributed by atoms with E-state index in [-0.39, 0.29) is 5.82 Å². The summed E-state index contributed by atoms with van der Waals surface area (Å²) < 4.78 is 12.8. The number of halogens is 2. The first-order valence-electron chi connectivity index (χ1n) is 3.89. The number of carboxylic acid groups (broad SMARTS) is 1. The lowest BCUT2D eigenvalue weighted by atomic mass is 10.1. The molecule has 0 atom stereocenters. The second-order valence-corrected chi connectivity index (χ2v) is 3.21. The van der Waals surface area contributed by atoms with Gasteiger partial charge in [0.1, 0.15) is 5.82 Å². The molecule has 0 aliphatic rings. The summed E-state index contributed by atoms with van der Waals surface area (Å²) in [5, 5.41) is 8.98. The van der Waals surface area contributed by atoms with Crippen LogP contribution in [0.3, 0.4) is 0 Å². The highest BCUT2D eigenvalue weighted by molar-refractivity contribution is 9.08. The molecular weight excluding hydrogens is 251 g/mol. The summed E-state index contributed by atoms with van der Waals surface area (Å²) >= 11 is 3.24. The Hall–Kier alpha value is -1.16. The van der Waals surface area contributed by atoms with Gasteiger partial charge in [-0.2, -0.15) is 0 Å². The van der Waals surface area contributed by atoms with E-state index >= 15 is 0 Å². The molecule has 0 heterocycles. The minimum Gasteiger partial charge on any atom is -0.478 e. The van der Waals surface area contributed by atoms with Gasteiger partial charge in [0.05, 0.1) is 0 Å². The lowest BCUT2D eigenvalue weighted by Crippen LogP contribution is -1.89. The normalized spacial score (nSPS) is 10.7. The standard InChI is InChI=1S/C10H8BrFO2/c11-6-8-1-3-9(12)5-7(8)2-4-10(13)14/h1-5H,6H2,(H,13,14). The molecule has 0 amide bonds. The Bertz CT molecular complexity index is 374. The van der Waals surface area contributed by atoms with E-state index in [1.807, 2.05) is 0 Å². The van der Waals surface area contributed by atoms with Gasteiger partial charge in [0.2, 0.25) is 0 Å². The smallest absolute Gasteiger partial charge is 0.328 e. The maximum absolute atomic E-state index is 12.8. The van der Waals surface area contributed by atoms with Crippen molar-refractivity contribution in [2.75, 3.05) is 0 Å². The van der Waals surface area contributed by atoms with Crippen LogP contribution in [-0.4, -0.2) is 11.1 Å². The third kappa shape index (κ3) is 2.96. The molecule has 74 valence electrons. The molecule has 1 N–H and O–H groups in total. The summed E-state index contributed by atoms with van der Waals surface area (Å²) in [6.45, 7) is 0. The SMILES string of the molecule is O=C(O)C=Cc1cc(F)ccc1CBr. The Morgan fingerprint density at radius 2 is 2.29 bits per heavy atom. The van der Waals surface area contributed by atoms with Crippen molar-refractivity contribution >= 4 is 28.0 Å². The summed E-state index contributed by atoms with van der Waals surface area (Å²) in [6, 6.07) is 4.26. The molecule has 0 aliphatic carbocycles. The van der Waals surface area contributed by atoms with Crippen LogP contribution in [0, 0.1) is 5.82 Å². The fourth-order valence-electron chi connectivity index (χ4n) is 1.00. The van der Waals surface area contributed by atoms with Crippen LogP contribution in [0.4, 0.5) is 4.39 Å². The summed E-state index contributed by atoms with van der Waals surface area (Å²) in [5.41, 5.74) is 1.42. The molecular formula is C10H8BrFO2. The summed E-state index contributed by atoms with van der Waals surface area (Å²) in [4.78, 5) is 10.3. The lowest BCUT2D eigenvalue weighted by molar-refractivity contribution is -0.131. The van der Waals surface area contributed by atoms with Crippen molar-refractivity contribution in [2.45, 2.75) is 5.33 Å². The molecule has 0 fully saturated rings. The third-order valence-corrected chi connectivity index (χ3v) is 2.26. The molecule has 0 aliphatic heterocycles. The molecule has 1 rings (SSSR count). The van der Waals surface area contributed by atoms with Gasteiger partial charge in [0.15, 0.2) is 0 Å². The van der Waals surface area contributed by atoms with Crippen LogP contribution in [0.2, 0.25) is 0 Å². The second kappa shape index (κ2) is 4.91. The van der Waals surface area contributed by atoms with Gasteiger partial charge >= 0.3 is 5.97 Å². The number of benzene rings is 1. The van der Waals surface area contributed by atoms with Crippen LogP contribution in [0.15, 0.2) is 24.3 Å². The Balaban J connectivity index is 3.04. The predicted molar refractivity (Wildman–Crippen MR) is 55.7 cm³/mol. The third-order valence-electron chi connectivity index (χ3n) is 1.66. The van der Waals surface area contributed by atoms with Crippen molar-refractivity contribution in [2.24, 2.45) is 0 Å². The van der Waals surface area contributed by atoms with Crippen molar-refractivity contribution in [1.29, 1.82) is 0 Å². The van der Waals surface area contributed by atoms with Crippen LogP contribution >= 0.6 is 15.9 Å². The van der Waals surface area contributed by atoms with E-state index in [2.05, 4.69) is 15.9 Å². The van der Waals surface area contributed by atoms with E-state index in [0.717, 1.165) is 11.6 Å². The maximum atomic E-state index is 12.8. The number of aliphatic carboxylic acids is 1. The van der Waals surface area contributed by atoms with Crippen LogP contribution in [0.5, 0.6) is 0 Å². The average Bonchev–Trinajstić information content (AvgIpc) is 2.15. The topological polar surface area (TPSA) is 37.3 Å². The van der Waals surface area contributed by atoms with Crippen molar-refractivity contribution in [3.05, 3.63) is 41.2 Å². The number of carboxylic acids is 1. The Kier molecular flexibility index (Phi) is 3.83. The average molecular weight is 259 g/mol. The van der Waals surface area contributed by atoms with Gasteiger partial charge in [-0.25, -0.2) is 9.18 Å². The largest absolute Gasteiger partial charge is 0.478 e. The van der Waals surface area contributed by atoms with E-state index in [0.29, 0.717) is 10.9 Å². The highest BCUT2D eigenvalue weighted by Gasteiger charge is 2.00. The van der Waals surface area contributed by atoms with E-state index in [4.69, 9.17) is 5.11 Å². The van der Waals surface area contributed by atoms with Gasteiger partial charge in [-0.3, -0.25) is 0 Å². The first-order valence-corrected chi connectivity index (χ1v) is 5.01. The lowest BCUT2D eigenvalue weighted by Gasteiger charge is -2.01. The first-order chi connectivity index (χ1) is 6.63. The van der Waals surface area contributed by atoms with Gasteiger partial charge in [-0.1, -0.05) is 22.0 Å². The van der Waals surface area contributed by atoms with Gasteiger partial charge in [-0.15, -0.1) is 0 Å². The highest BCUT2D eigenvalue weighted by Crippen LogP contribution is 2.15. The molecule has 0 bridgehead atoms. The highest BCUT2D eigenvalue weighted by atomic mass is 79.9. The maximum Gasteiger partial charge on any atom is 0.328 e. The predicted octanol–water partition coefficient (Wildman–Crippen LogP) is 2.82. The van der Waals surface area contributed by atoms with E-state index in [1.165, 1.54) is 18.2 Å². The number of hydrogen-bond acceptors (Lipinski definition) is 1. The van der Waals surface area contributed by atoms with Crippen LogP contribution in [0.1, 0.15) is 11.1 Å². The van der Waals surface area contributed by atoms with E-state index < -0.39 is 5.97 Å². The molecule has 0 saturated carbocycles. The minimum atomic E-state index is -1.05. The number of carbonyl (C=O) groups is 1. The summed E-state index contributed by atoms with van der Waals surface area (Å²) in [7, 11) is 0. The van der Waals surface area contributed by atoms with Crippen molar-refractivity contribution in [3.63, 3.8) is 0 Å². The fourth-order valence-corrected chi connectivity index (χ4v) is 1.51. The van der Waals surface area contributed by atoms with Crippen molar-refractivity contribution in [1.82, 2.24) is 0 Å². The van der Waals surface area contributed by atoms with E-state index in [1.54, 1.807) is 6.07 Å². The first kappa shape index (κ1) is 10.9. The van der Waals surface area contributed by atoms with Crippen molar-refractivity contribution in [3.8, 4) is 0 Å². The van der Waals surface area contributed by atoms with Gasteiger partial charge in [0.25, 0.3) is 0 Å². The number of hydrogen-bond donors (Lipinski definition) is 1. The van der Waals surface area contributed by atoms with Gasteiger partial charge in [-0.05, 0) is 29.3 Å². The Morgan fingerprint density at radius 3 is 2.86 bits per heavy atom. The molecule has 4 heteroatoms. The molecule has 2 nitrogen and oxygen atoms in total. The molecule has 0 radical (unpaired) electrons. The van der Waals surface area contributed by atoms with Crippen LogP contribution < -0.4 is 0 Å². The van der Waals surface area contributed by atoms with Gasteiger partial charge in [0, 0.05) is 11.4 Å². The molecule has 1 aromatic carbocycles. The van der Waals surface area contributed by atoms with Crippen LogP contribution in [-0.2, 0) is 10.1 Å². The summed E-state index contributed by atoms with van der Waals surface area (Å²) in [5.74, 6) is -1.42. The molecule has 0 spiro atoms. The Morgan fingerprint density at radius 1 is 1.57 bits per heavy atom. The fraction of sp³-hybridized carbons (Fsp3) is 0.100. The molecule has 0 saturated heterocycles. The second-order valence-electron chi connectivity index (χ2n) is 2.65. The van der Waals surface area contributed by atoms with Crippen LogP contribution in [0.25, 0.3) is 6.08 Å². The molecule has 1 aromatic rings. The van der Waals surface area contributed by atoms with E-state index in [9.17, 15) is 9.18 Å². The Labute approximate surface area is 89.2 Å². The monoisotopic (exact) mass is 258 g/mol. The molecule has 14 heavy (non-hydrogen) atoms. The number of alkyl halides is 1. The zero-order valence-corrected chi connectivity index (χ0v) is 8.79. The zero-order valence-electron chi connectivity index (χ0n) is 7.21. The zero-order chi connectivity index (χ0) is 10.6. The summed E-state index contributed by atoms with van der Waals surface area (Å²) in [6.07, 6.45) is 2.36. The molecule has 0 unspecified atom stereocenters. The quantitative estimate of drug-likeness (QED) is 0.669.